The number of hydrogen-bond acceptors (Lipinski definition) is 6. The molecule has 0 atom stereocenters. The van der Waals surface area contributed by atoms with Crippen LogP contribution in [0, 0.1) is 11.3 Å². The molecule has 0 amide bonds. The van der Waals surface area contributed by atoms with Crippen LogP contribution in [0.4, 0.5) is 0 Å². The van der Waals surface area contributed by atoms with Gasteiger partial charge in [0.05, 0.1) is 12.2 Å². The van der Waals surface area contributed by atoms with E-state index in [-0.39, 0.29) is 24.9 Å². The van der Waals surface area contributed by atoms with Crippen LogP contribution in [0.3, 0.4) is 0 Å². The molecule has 0 fully saturated rings. The summed E-state index contributed by atoms with van der Waals surface area (Å²) in [5, 5.41) is 9.10. The Morgan fingerprint density at radius 2 is 2.19 bits per heavy atom. The molecule has 0 radical (unpaired) electrons. The van der Waals surface area contributed by atoms with Crippen molar-refractivity contribution in [3.63, 3.8) is 0 Å². The van der Waals surface area contributed by atoms with Crippen LogP contribution in [-0.4, -0.2) is 19.2 Å². The first-order chi connectivity index (χ1) is 12.7. The quantitative estimate of drug-likeness (QED) is 0.767. The fourth-order valence-corrected chi connectivity index (χ4v) is 3.08. The molecule has 2 aromatic rings. The van der Waals surface area contributed by atoms with E-state index in [1.807, 2.05) is 6.07 Å². The molecular formula is C19H12ClNO5. The molecule has 0 saturated carbocycles. The number of benzene rings is 2. The first kappa shape index (κ1) is 16.5. The second-order valence-corrected chi connectivity index (χ2v) is 6.07. The summed E-state index contributed by atoms with van der Waals surface area (Å²) < 4.78 is 21.7. The zero-order chi connectivity index (χ0) is 18.1. The number of allylic oxidation sites excluding steroid dienone is 1. The van der Waals surface area contributed by atoms with Gasteiger partial charge in [0, 0.05) is 22.2 Å². The number of ether oxygens (including phenoxy) is 4. The number of nitrogens with zero attached hydrogens (tertiary/aromatic N) is 1. The number of Topliss-reactive ketones (excluding diaryl/α,β-unsaturated/α-hetero) is 1. The zero-order valence-corrected chi connectivity index (χ0v) is 14.2. The Morgan fingerprint density at radius 1 is 1.31 bits per heavy atom. The van der Waals surface area contributed by atoms with Crippen molar-refractivity contribution in [3.05, 3.63) is 57.8 Å². The van der Waals surface area contributed by atoms with Crippen LogP contribution in [0.25, 0.3) is 6.08 Å². The smallest absolute Gasteiger partial charge is 0.231 e. The van der Waals surface area contributed by atoms with E-state index in [1.165, 1.54) is 0 Å². The van der Waals surface area contributed by atoms with Gasteiger partial charge in [0.1, 0.15) is 23.3 Å². The Hall–Kier alpha value is -3.01. The lowest BCUT2D eigenvalue weighted by Gasteiger charge is -2.20. The van der Waals surface area contributed by atoms with E-state index in [9.17, 15) is 4.79 Å². The molecule has 26 heavy (non-hydrogen) atoms. The van der Waals surface area contributed by atoms with Crippen LogP contribution in [-0.2, 0) is 11.3 Å². The van der Waals surface area contributed by atoms with Gasteiger partial charge < -0.3 is 18.9 Å². The van der Waals surface area contributed by atoms with Crippen molar-refractivity contribution in [2.75, 3.05) is 13.4 Å². The molecule has 130 valence electrons. The molecule has 2 aromatic carbocycles. The van der Waals surface area contributed by atoms with Gasteiger partial charge in [-0.1, -0.05) is 11.6 Å². The third kappa shape index (κ3) is 2.99. The van der Waals surface area contributed by atoms with Gasteiger partial charge in [0.25, 0.3) is 0 Å². The largest absolute Gasteiger partial charge is 0.479 e. The van der Waals surface area contributed by atoms with E-state index in [1.54, 1.807) is 36.4 Å². The maximum Gasteiger partial charge on any atom is 0.231 e. The molecule has 0 saturated heterocycles. The van der Waals surface area contributed by atoms with Crippen molar-refractivity contribution in [2.45, 2.75) is 6.61 Å². The maximum absolute atomic E-state index is 12.6. The molecule has 2 aliphatic heterocycles. The molecule has 0 spiro atoms. The fraction of sp³-hybridized carbons (Fsp3) is 0.158. The van der Waals surface area contributed by atoms with Gasteiger partial charge in [-0.05, 0) is 30.3 Å². The number of fused-ring (bicyclic) bond motifs is 2. The van der Waals surface area contributed by atoms with Crippen LogP contribution in [0.2, 0.25) is 5.02 Å². The molecule has 4 rings (SSSR count). The monoisotopic (exact) mass is 369 g/mol. The Kier molecular flexibility index (Phi) is 4.25. The average Bonchev–Trinajstić information content (AvgIpc) is 2.95. The van der Waals surface area contributed by atoms with Gasteiger partial charge in [0.2, 0.25) is 5.78 Å². The van der Waals surface area contributed by atoms with Crippen LogP contribution in [0.5, 0.6) is 17.2 Å². The van der Waals surface area contributed by atoms with Crippen molar-refractivity contribution in [1.29, 1.82) is 5.26 Å². The van der Waals surface area contributed by atoms with E-state index >= 15 is 0 Å². The number of hydrogen-bond donors (Lipinski definition) is 0. The van der Waals surface area contributed by atoms with Gasteiger partial charge in [0.15, 0.2) is 19.2 Å². The molecule has 0 bridgehead atoms. The van der Waals surface area contributed by atoms with Crippen molar-refractivity contribution in [2.24, 2.45) is 0 Å². The Balaban J connectivity index is 1.68. The summed E-state index contributed by atoms with van der Waals surface area (Å²) in [5.74, 6) is 1.39. The van der Waals surface area contributed by atoms with Crippen molar-refractivity contribution >= 4 is 23.5 Å². The fourth-order valence-electron chi connectivity index (χ4n) is 2.83. The molecule has 2 aliphatic rings. The second kappa shape index (κ2) is 6.71. The van der Waals surface area contributed by atoms with Crippen LogP contribution in [0.15, 0.2) is 36.1 Å². The van der Waals surface area contributed by atoms with Gasteiger partial charge in [-0.2, -0.15) is 5.26 Å². The van der Waals surface area contributed by atoms with Crippen LogP contribution < -0.4 is 14.2 Å². The van der Waals surface area contributed by atoms with Crippen LogP contribution >= 0.6 is 11.6 Å². The van der Waals surface area contributed by atoms with Gasteiger partial charge in [-0.25, -0.2) is 0 Å². The summed E-state index contributed by atoms with van der Waals surface area (Å²) in [5.41, 5.74) is 1.89. The predicted octanol–water partition coefficient (Wildman–Crippen LogP) is 3.73. The van der Waals surface area contributed by atoms with E-state index in [2.05, 4.69) is 0 Å². The highest BCUT2D eigenvalue weighted by atomic mass is 35.5. The number of carbonyl (C=O) groups excluding carboxylic acids is 1. The van der Waals surface area contributed by atoms with Gasteiger partial charge in [-0.3, -0.25) is 4.79 Å². The average molecular weight is 370 g/mol. The summed E-state index contributed by atoms with van der Waals surface area (Å²) in [6.45, 7) is 0.448. The molecule has 6 nitrogen and oxygen atoms in total. The molecule has 0 aromatic heterocycles. The summed E-state index contributed by atoms with van der Waals surface area (Å²) in [7, 11) is 0. The summed E-state index contributed by atoms with van der Waals surface area (Å²) in [6.07, 6.45) is 1.61. The molecule has 0 unspecified atom stereocenters. The summed E-state index contributed by atoms with van der Waals surface area (Å²) in [6, 6.07) is 10.2. The highest BCUT2D eigenvalue weighted by molar-refractivity contribution is 6.31. The van der Waals surface area contributed by atoms with Crippen molar-refractivity contribution in [3.8, 4) is 23.3 Å². The van der Waals surface area contributed by atoms with Gasteiger partial charge >= 0.3 is 0 Å². The lowest BCUT2D eigenvalue weighted by molar-refractivity contribution is -0.0165. The standard InChI is InChI=1S/C19H12ClNO5/c20-13-5-11(19-12(6-13)9-23-10-25-19)7-17-18(22)15-2-1-14(24-4-3-21)8-16(15)26-17/h1-2,5-8H,4,9-10H2. The van der Waals surface area contributed by atoms with E-state index in [4.69, 9.17) is 35.8 Å². The minimum Gasteiger partial charge on any atom is -0.479 e. The molecule has 0 N–H and O–H groups in total. The third-order valence-electron chi connectivity index (χ3n) is 3.93. The Bertz CT molecular complexity index is 977. The Labute approximate surface area is 154 Å². The number of ketones is 1. The highest BCUT2D eigenvalue weighted by Gasteiger charge is 2.28. The zero-order valence-electron chi connectivity index (χ0n) is 13.5. The highest BCUT2D eigenvalue weighted by Crippen LogP contribution is 2.37. The molecular weight excluding hydrogens is 358 g/mol. The van der Waals surface area contributed by atoms with Crippen molar-refractivity contribution < 1.29 is 23.7 Å². The second-order valence-electron chi connectivity index (χ2n) is 5.64. The van der Waals surface area contributed by atoms with Crippen LogP contribution in [0.1, 0.15) is 21.5 Å². The van der Waals surface area contributed by atoms with E-state index < -0.39 is 0 Å². The number of nitriles is 1. The molecule has 2 heterocycles. The normalized spacial score (nSPS) is 16.3. The van der Waals surface area contributed by atoms with E-state index in [0.29, 0.717) is 40.0 Å². The minimum atomic E-state index is -0.243. The number of carbonyl (C=O) groups is 1. The number of rotatable bonds is 3. The predicted molar refractivity (Wildman–Crippen MR) is 92.2 cm³/mol. The third-order valence-corrected chi connectivity index (χ3v) is 4.15. The summed E-state index contributed by atoms with van der Waals surface area (Å²) >= 11 is 6.15. The SMILES string of the molecule is N#CCOc1ccc2c(c1)OC(=Cc1cc(Cl)cc3c1OCOC3)C2=O. The molecule has 7 heteroatoms. The summed E-state index contributed by atoms with van der Waals surface area (Å²) in [4.78, 5) is 12.6. The maximum atomic E-state index is 12.6. The lowest BCUT2D eigenvalue weighted by atomic mass is 10.1. The molecule has 0 aliphatic carbocycles. The minimum absolute atomic E-state index is 0.0799. The topological polar surface area (TPSA) is 77.8 Å². The van der Waals surface area contributed by atoms with E-state index in [0.717, 1.165) is 5.56 Å². The lowest BCUT2D eigenvalue weighted by Crippen LogP contribution is -2.12. The van der Waals surface area contributed by atoms with Crippen molar-refractivity contribution in [1.82, 2.24) is 0 Å². The first-order valence-corrected chi connectivity index (χ1v) is 8.14. The Morgan fingerprint density at radius 3 is 3.04 bits per heavy atom. The van der Waals surface area contributed by atoms with Gasteiger partial charge in [-0.15, -0.1) is 0 Å². The first-order valence-electron chi connectivity index (χ1n) is 7.77. The number of halogens is 1.